The maximum atomic E-state index is 12.6. The number of fused-ring (bicyclic) bond motifs is 2. The van der Waals surface area contributed by atoms with E-state index < -0.39 is 0 Å². The van der Waals surface area contributed by atoms with E-state index >= 15 is 0 Å². The number of rotatable bonds is 3. The van der Waals surface area contributed by atoms with Gasteiger partial charge in [0, 0.05) is 35.8 Å². The molecule has 25 heavy (non-hydrogen) atoms. The smallest absolute Gasteiger partial charge is 0.252 e. The van der Waals surface area contributed by atoms with Crippen LogP contribution in [0, 0.1) is 6.92 Å². The Morgan fingerprint density at radius 3 is 2.64 bits per heavy atom. The molecule has 1 N–H and O–H groups in total. The molecule has 0 fully saturated rings. The number of hydrogen-bond donors (Lipinski definition) is 1. The molecule has 4 rings (SSSR count). The molecule has 0 unspecified atom stereocenters. The van der Waals surface area contributed by atoms with Gasteiger partial charge in [-0.25, -0.2) is 0 Å². The monoisotopic (exact) mass is 328 g/mol. The molecule has 3 nitrogen and oxygen atoms in total. The highest BCUT2D eigenvalue weighted by molar-refractivity contribution is 6.07. The topological polar surface area (TPSA) is 34.0 Å². The minimum absolute atomic E-state index is 0.0406. The number of nitrogens with one attached hydrogen (secondary N) is 1. The molecule has 124 valence electrons. The van der Waals surface area contributed by atoms with E-state index in [2.05, 4.69) is 48.1 Å². The molecule has 0 spiro atoms. The Bertz CT molecular complexity index is 1090. The third-order valence-corrected chi connectivity index (χ3v) is 4.83. The Balaban J connectivity index is 1.57. The standard InChI is InChI=1S/C22H20N2O/c1-15-12-18-13-16(10-11-21(18)24(15)2)14-23-22(25)20-9-5-7-17-6-3-4-8-19(17)20/h3-13H,14H2,1-2H3,(H,23,25). The van der Waals surface area contributed by atoms with Gasteiger partial charge < -0.3 is 9.88 Å². The van der Waals surface area contributed by atoms with E-state index in [1.54, 1.807) is 0 Å². The van der Waals surface area contributed by atoms with Crippen LogP contribution in [0.15, 0.2) is 66.7 Å². The van der Waals surface area contributed by atoms with Crippen LogP contribution in [0.4, 0.5) is 0 Å². The van der Waals surface area contributed by atoms with Crippen LogP contribution < -0.4 is 5.32 Å². The van der Waals surface area contributed by atoms with E-state index in [9.17, 15) is 4.79 Å². The van der Waals surface area contributed by atoms with Crippen LogP contribution in [-0.2, 0) is 13.6 Å². The Morgan fingerprint density at radius 1 is 0.960 bits per heavy atom. The van der Waals surface area contributed by atoms with Crippen LogP contribution in [0.2, 0.25) is 0 Å². The third-order valence-electron chi connectivity index (χ3n) is 4.83. The highest BCUT2D eigenvalue weighted by Gasteiger charge is 2.10. The molecule has 3 heteroatoms. The maximum Gasteiger partial charge on any atom is 0.252 e. The van der Waals surface area contributed by atoms with E-state index in [1.165, 1.54) is 16.6 Å². The first-order valence-electron chi connectivity index (χ1n) is 8.44. The summed E-state index contributed by atoms with van der Waals surface area (Å²) in [6.45, 7) is 2.62. The summed E-state index contributed by atoms with van der Waals surface area (Å²) in [5.41, 5.74) is 4.26. The minimum atomic E-state index is -0.0406. The van der Waals surface area contributed by atoms with Crippen LogP contribution in [0.25, 0.3) is 21.7 Å². The van der Waals surface area contributed by atoms with Gasteiger partial charge in [0.1, 0.15) is 0 Å². The van der Waals surface area contributed by atoms with Crippen molar-refractivity contribution in [3.8, 4) is 0 Å². The molecule has 1 amide bonds. The number of nitrogens with zero attached hydrogens (tertiary/aromatic N) is 1. The normalized spacial score (nSPS) is 11.1. The Morgan fingerprint density at radius 2 is 1.76 bits per heavy atom. The van der Waals surface area contributed by atoms with Gasteiger partial charge in [-0.05, 0) is 47.5 Å². The number of carbonyl (C=O) groups is 1. The summed E-state index contributed by atoms with van der Waals surface area (Å²) in [6.07, 6.45) is 0. The second-order valence-electron chi connectivity index (χ2n) is 6.45. The first-order chi connectivity index (χ1) is 12.1. The van der Waals surface area contributed by atoms with Crippen molar-refractivity contribution in [2.75, 3.05) is 0 Å². The summed E-state index contributed by atoms with van der Waals surface area (Å²) < 4.78 is 2.17. The van der Waals surface area contributed by atoms with Crippen molar-refractivity contribution in [2.24, 2.45) is 7.05 Å². The van der Waals surface area contributed by atoms with E-state index in [4.69, 9.17) is 0 Å². The van der Waals surface area contributed by atoms with Gasteiger partial charge in [-0.1, -0.05) is 42.5 Å². The molecule has 0 radical (unpaired) electrons. The fourth-order valence-corrected chi connectivity index (χ4v) is 3.35. The zero-order valence-corrected chi connectivity index (χ0v) is 14.4. The average molecular weight is 328 g/mol. The van der Waals surface area contributed by atoms with Gasteiger partial charge in [-0.3, -0.25) is 4.79 Å². The molecular weight excluding hydrogens is 308 g/mol. The Hall–Kier alpha value is -3.07. The predicted molar refractivity (Wildman–Crippen MR) is 103 cm³/mol. The number of benzene rings is 3. The quantitative estimate of drug-likeness (QED) is 0.587. The summed E-state index contributed by atoms with van der Waals surface area (Å²) in [5.74, 6) is -0.0406. The number of aryl methyl sites for hydroxylation is 2. The van der Waals surface area contributed by atoms with Gasteiger partial charge in [0.2, 0.25) is 0 Å². The van der Waals surface area contributed by atoms with Crippen LogP contribution >= 0.6 is 0 Å². The van der Waals surface area contributed by atoms with E-state index in [-0.39, 0.29) is 5.91 Å². The highest BCUT2D eigenvalue weighted by atomic mass is 16.1. The molecular formula is C22H20N2O. The van der Waals surface area contributed by atoms with E-state index in [0.717, 1.165) is 21.9 Å². The van der Waals surface area contributed by atoms with Crippen LogP contribution in [0.5, 0.6) is 0 Å². The molecule has 0 atom stereocenters. The molecule has 0 saturated heterocycles. The average Bonchev–Trinajstić information content (AvgIpc) is 2.93. The lowest BCUT2D eigenvalue weighted by Crippen LogP contribution is -2.23. The number of carbonyl (C=O) groups excluding carboxylic acids is 1. The number of hydrogen-bond acceptors (Lipinski definition) is 1. The van der Waals surface area contributed by atoms with Crippen molar-refractivity contribution in [3.05, 3.63) is 83.6 Å². The maximum absolute atomic E-state index is 12.6. The first kappa shape index (κ1) is 15.5. The zero-order valence-electron chi connectivity index (χ0n) is 14.4. The van der Waals surface area contributed by atoms with Gasteiger partial charge in [-0.2, -0.15) is 0 Å². The van der Waals surface area contributed by atoms with E-state index in [1.807, 2.05) is 42.5 Å². The summed E-state index contributed by atoms with van der Waals surface area (Å²) >= 11 is 0. The summed E-state index contributed by atoms with van der Waals surface area (Å²) in [6, 6.07) is 22.3. The zero-order chi connectivity index (χ0) is 17.4. The summed E-state index contributed by atoms with van der Waals surface area (Å²) in [7, 11) is 2.07. The van der Waals surface area contributed by atoms with Crippen molar-refractivity contribution in [2.45, 2.75) is 13.5 Å². The minimum Gasteiger partial charge on any atom is -0.348 e. The van der Waals surface area contributed by atoms with Crippen molar-refractivity contribution in [1.82, 2.24) is 9.88 Å². The molecule has 0 aliphatic rings. The van der Waals surface area contributed by atoms with Crippen molar-refractivity contribution in [3.63, 3.8) is 0 Å². The van der Waals surface area contributed by atoms with Gasteiger partial charge in [0.25, 0.3) is 5.91 Å². The molecule has 0 aliphatic carbocycles. The molecule has 3 aromatic carbocycles. The Labute approximate surface area is 146 Å². The first-order valence-corrected chi connectivity index (χ1v) is 8.44. The van der Waals surface area contributed by atoms with Gasteiger partial charge in [0.05, 0.1) is 0 Å². The van der Waals surface area contributed by atoms with Crippen molar-refractivity contribution < 1.29 is 4.79 Å². The second kappa shape index (κ2) is 6.10. The molecule has 1 aromatic heterocycles. The largest absolute Gasteiger partial charge is 0.348 e. The molecule has 0 aliphatic heterocycles. The fraction of sp³-hybridized carbons (Fsp3) is 0.136. The summed E-state index contributed by atoms with van der Waals surface area (Å²) in [4.78, 5) is 12.6. The van der Waals surface area contributed by atoms with E-state index in [0.29, 0.717) is 6.54 Å². The predicted octanol–water partition coefficient (Wildman–Crippen LogP) is 4.57. The highest BCUT2D eigenvalue weighted by Crippen LogP contribution is 2.21. The van der Waals surface area contributed by atoms with Gasteiger partial charge in [0.15, 0.2) is 0 Å². The second-order valence-corrected chi connectivity index (χ2v) is 6.45. The molecule has 4 aromatic rings. The molecule has 1 heterocycles. The number of aromatic nitrogens is 1. The van der Waals surface area contributed by atoms with Crippen LogP contribution in [0.1, 0.15) is 21.6 Å². The van der Waals surface area contributed by atoms with Crippen LogP contribution in [-0.4, -0.2) is 10.5 Å². The van der Waals surface area contributed by atoms with Crippen molar-refractivity contribution in [1.29, 1.82) is 0 Å². The van der Waals surface area contributed by atoms with Crippen molar-refractivity contribution >= 4 is 27.6 Å². The van der Waals surface area contributed by atoms with Gasteiger partial charge >= 0.3 is 0 Å². The lowest BCUT2D eigenvalue weighted by Gasteiger charge is -2.09. The SMILES string of the molecule is Cc1cc2cc(CNC(=O)c3cccc4ccccc34)ccc2n1C. The summed E-state index contributed by atoms with van der Waals surface area (Å²) in [5, 5.41) is 6.32. The Kier molecular flexibility index (Phi) is 3.77. The number of amides is 1. The van der Waals surface area contributed by atoms with Crippen LogP contribution in [0.3, 0.4) is 0 Å². The molecule has 0 bridgehead atoms. The lowest BCUT2D eigenvalue weighted by atomic mass is 10.0. The fourth-order valence-electron chi connectivity index (χ4n) is 3.35. The van der Waals surface area contributed by atoms with Gasteiger partial charge in [-0.15, -0.1) is 0 Å². The lowest BCUT2D eigenvalue weighted by molar-refractivity contribution is 0.0952. The molecule has 0 saturated carbocycles. The third kappa shape index (κ3) is 2.78.